The maximum atomic E-state index is 13.3. The van der Waals surface area contributed by atoms with Gasteiger partial charge in [-0.25, -0.2) is 4.79 Å². The molecule has 4 nitrogen and oxygen atoms in total. The van der Waals surface area contributed by atoms with Gasteiger partial charge in [-0.15, -0.1) is 0 Å². The molecule has 1 aliphatic heterocycles. The number of carbonyl (C=O) groups excluding carboxylic acids is 1. The third-order valence-electron chi connectivity index (χ3n) is 4.38. The molecule has 0 bridgehead atoms. The standard InChI is InChI=1S/C19H18ClF3N2O2/c20-15-5-1-13(2-6-15)17(19(21,22)23)27-18(26)25-16-7-3-12(4-8-16)14-9-10-24-11-14/h1-8,14,17,24H,9-11H2,(H,25,26). The van der Waals surface area contributed by atoms with Crippen LogP contribution in [0.5, 0.6) is 0 Å². The number of ether oxygens (including phenoxy) is 1. The summed E-state index contributed by atoms with van der Waals surface area (Å²) in [4.78, 5) is 12.0. The van der Waals surface area contributed by atoms with E-state index < -0.39 is 18.4 Å². The molecule has 0 aliphatic carbocycles. The molecule has 144 valence electrons. The maximum absolute atomic E-state index is 13.3. The summed E-state index contributed by atoms with van der Waals surface area (Å²) >= 11 is 5.70. The van der Waals surface area contributed by atoms with Gasteiger partial charge in [0.15, 0.2) is 0 Å². The van der Waals surface area contributed by atoms with Crippen LogP contribution in [0.1, 0.15) is 29.6 Å². The Bertz CT molecular complexity index is 773. The summed E-state index contributed by atoms with van der Waals surface area (Å²) < 4.78 is 44.5. The molecule has 2 N–H and O–H groups in total. The van der Waals surface area contributed by atoms with E-state index in [0.29, 0.717) is 16.6 Å². The maximum Gasteiger partial charge on any atom is 0.429 e. The molecule has 2 atom stereocenters. The molecule has 3 rings (SSSR count). The van der Waals surface area contributed by atoms with Gasteiger partial charge in [-0.1, -0.05) is 35.9 Å². The Morgan fingerprint density at radius 3 is 2.37 bits per heavy atom. The second-order valence-electron chi connectivity index (χ2n) is 6.32. The summed E-state index contributed by atoms with van der Waals surface area (Å²) in [6, 6.07) is 12.0. The van der Waals surface area contributed by atoms with Crippen LogP contribution in [0.2, 0.25) is 5.02 Å². The zero-order valence-electron chi connectivity index (χ0n) is 14.2. The molecule has 2 aromatic carbocycles. The lowest BCUT2D eigenvalue weighted by atomic mass is 9.98. The molecule has 1 heterocycles. The molecule has 1 fully saturated rings. The molecule has 2 unspecified atom stereocenters. The Labute approximate surface area is 159 Å². The van der Waals surface area contributed by atoms with Crippen LogP contribution in [-0.2, 0) is 4.74 Å². The first-order chi connectivity index (χ1) is 12.8. The largest absolute Gasteiger partial charge is 0.431 e. The lowest BCUT2D eigenvalue weighted by Gasteiger charge is -2.21. The van der Waals surface area contributed by atoms with Crippen molar-refractivity contribution in [3.05, 3.63) is 64.7 Å². The zero-order valence-corrected chi connectivity index (χ0v) is 15.0. The van der Waals surface area contributed by atoms with Crippen LogP contribution in [0.15, 0.2) is 48.5 Å². The van der Waals surface area contributed by atoms with Crippen LogP contribution in [0.3, 0.4) is 0 Å². The van der Waals surface area contributed by atoms with Gasteiger partial charge in [-0.05, 0) is 48.7 Å². The molecule has 2 aromatic rings. The van der Waals surface area contributed by atoms with E-state index in [2.05, 4.69) is 15.4 Å². The summed E-state index contributed by atoms with van der Waals surface area (Å²) in [7, 11) is 0. The minimum absolute atomic E-state index is 0.203. The third-order valence-corrected chi connectivity index (χ3v) is 4.64. The van der Waals surface area contributed by atoms with E-state index in [-0.39, 0.29) is 5.56 Å². The van der Waals surface area contributed by atoms with Crippen molar-refractivity contribution in [2.24, 2.45) is 0 Å². The fourth-order valence-corrected chi connectivity index (χ4v) is 3.12. The van der Waals surface area contributed by atoms with Gasteiger partial charge in [-0.2, -0.15) is 13.2 Å². The van der Waals surface area contributed by atoms with Crippen molar-refractivity contribution < 1.29 is 22.7 Å². The van der Waals surface area contributed by atoms with E-state index in [0.717, 1.165) is 25.1 Å². The summed E-state index contributed by atoms with van der Waals surface area (Å²) in [6.07, 6.45) is -7.27. The Balaban J connectivity index is 1.66. The lowest BCUT2D eigenvalue weighted by molar-refractivity contribution is -0.205. The van der Waals surface area contributed by atoms with Gasteiger partial charge < -0.3 is 10.1 Å². The zero-order chi connectivity index (χ0) is 19.4. The number of hydrogen-bond acceptors (Lipinski definition) is 3. The van der Waals surface area contributed by atoms with Crippen LogP contribution in [-0.4, -0.2) is 25.4 Å². The summed E-state index contributed by atoms with van der Waals surface area (Å²) in [5.74, 6) is 0.408. The molecule has 0 radical (unpaired) electrons. The highest BCUT2D eigenvalue weighted by molar-refractivity contribution is 6.30. The van der Waals surface area contributed by atoms with E-state index in [9.17, 15) is 18.0 Å². The molecule has 1 aliphatic rings. The predicted molar refractivity (Wildman–Crippen MR) is 97.0 cm³/mol. The summed E-state index contributed by atoms with van der Waals surface area (Å²) in [5.41, 5.74) is 1.28. The van der Waals surface area contributed by atoms with Crippen molar-refractivity contribution in [1.82, 2.24) is 5.32 Å². The number of hydrogen-bond donors (Lipinski definition) is 2. The molecule has 0 saturated carbocycles. The van der Waals surface area contributed by atoms with Crippen LogP contribution < -0.4 is 10.6 Å². The number of halogens is 4. The van der Waals surface area contributed by atoms with Crippen molar-refractivity contribution in [2.45, 2.75) is 24.6 Å². The molecular formula is C19H18ClF3N2O2. The van der Waals surface area contributed by atoms with Gasteiger partial charge in [0.05, 0.1) is 0 Å². The lowest BCUT2D eigenvalue weighted by Crippen LogP contribution is -2.28. The average Bonchev–Trinajstić information content (AvgIpc) is 3.15. The Hall–Kier alpha value is -2.25. The normalized spacial score (nSPS) is 18.1. The van der Waals surface area contributed by atoms with E-state index in [1.165, 1.54) is 24.3 Å². The molecular weight excluding hydrogens is 381 g/mol. The number of anilines is 1. The molecule has 0 spiro atoms. The Morgan fingerprint density at radius 2 is 1.81 bits per heavy atom. The van der Waals surface area contributed by atoms with Gasteiger partial charge in [0.2, 0.25) is 6.10 Å². The van der Waals surface area contributed by atoms with Crippen molar-refractivity contribution in [3.63, 3.8) is 0 Å². The molecule has 1 saturated heterocycles. The monoisotopic (exact) mass is 398 g/mol. The van der Waals surface area contributed by atoms with Crippen LogP contribution >= 0.6 is 11.6 Å². The fraction of sp³-hybridized carbons (Fsp3) is 0.316. The highest BCUT2D eigenvalue weighted by Crippen LogP contribution is 2.36. The molecule has 0 aromatic heterocycles. The average molecular weight is 399 g/mol. The number of alkyl halides is 3. The molecule has 1 amide bonds. The second kappa shape index (κ2) is 8.19. The van der Waals surface area contributed by atoms with Crippen molar-refractivity contribution >= 4 is 23.4 Å². The van der Waals surface area contributed by atoms with Gasteiger partial charge in [0, 0.05) is 22.8 Å². The smallest absolute Gasteiger partial charge is 0.429 e. The van der Waals surface area contributed by atoms with E-state index in [4.69, 9.17) is 11.6 Å². The number of carbonyl (C=O) groups is 1. The Morgan fingerprint density at radius 1 is 1.15 bits per heavy atom. The van der Waals surface area contributed by atoms with E-state index >= 15 is 0 Å². The first-order valence-electron chi connectivity index (χ1n) is 8.43. The summed E-state index contributed by atoms with van der Waals surface area (Å²) in [5, 5.41) is 5.90. The first-order valence-corrected chi connectivity index (χ1v) is 8.81. The minimum Gasteiger partial charge on any atom is -0.431 e. The Kier molecular flexibility index (Phi) is 5.92. The van der Waals surface area contributed by atoms with Crippen LogP contribution in [0.4, 0.5) is 23.7 Å². The SMILES string of the molecule is O=C(Nc1ccc(C2CCNC2)cc1)OC(c1ccc(Cl)cc1)C(F)(F)F. The van der Waals surface area contributed by atoms with Gasteiger partial charge in [0.25, 0.3) is 0 Å². The van der Waals surface area contributed by atoms with Gasteiger partial charge >= 0.3 is 12.3 Å². The van der Waals surface area contributed by atoms with E-state index in [1.54, 1.807) is 12.1 Å². The van der Waals surface area contributed by atoms with Gasteiger partial charge in [-0.3, -0.25) is 5.32 Å². The number of nitrogens with one attached hydrogen (secondary N) is 2. The second-order valence-corrected chi connectivity index (χ2v) is 6.75. The number of benzene rings is 2. The third kappa shape index (κ3) is 5.14. The topological polar surface area (TPSA) is 50.4 Å². The summed E-state index contributed by atoms with van der Waals surface area (Å²) in [6.45, 7) is 1.85. The van der Waals surface area contributed by atoms with Crippen molar-refractivity contribution in [2.75, 3.05) is 18.4 Å². The highest BCUT2D eigenvalue weighted by atomic mass is 35.5. The minimum atomic E-state index is -4.75. The first kappa shape index (κ1) is 19.5. The highest BCUT2D eigenvalue weighted by Gasteiger charge is 2.44. The van der Waals surface area contributed by atoms with Crippen molar-refractivity contribution in [3.8, 4) is 0 Å². The van der Waals surface area contributed by atoms with E-state index in [1.807, 2.05) is 12.1 Å². The molecule has 8 heteroatoms. The fourth-order valence-electron chi connectivity index (χ4n) is 2.99. The number of amides is 1. The van der Waals surface area contributed by atoms with Crippen LogP contribution in [0, 0.1) is 0 Å². The molecule has 27 heavy (non-hydrogen) atoms. The predicted octanol–water partition coefficient (Wildman–Crippen LogP) is 5.27. The van der Waals surface area contributed by atoms with Crippen LogP contribution in [0.25, 0.3) is 0 Å². The number of rotatable bonds is 4. The quantitative estimate of drug-likeness (QED) is 0.737. The van der Waals surface area contributed by atoms with Crippen molar-refractivity contribution in [1.29, 1.82) is 0 Å². The van der Waals surface area contributed by atoms with Gasteiger partial charge in [0.1, 0.15) is 0 Å².